The highest BCUT2D eigenvalue weighted by atomic mass is 16.5. The average molecular weight is 473 g/mol. The van der Waals surface area contributed by atoms with E-state index in [9.17, 15) is 19.5 Å². The fourth-order valence-electron chi connectivity index (χ4n) is 4.37. The van der Waals surface area contributed by atoms with E-state index in [4.69, 9.17) is 4.74 Å². The highest BCUT2D eigenvalue weighted by molar-refractivity contribution is 6.04. The average Bonchev–Trinajstić information content (AvgIpc) is 3.17. The summed E-state index contributed by atoms with van der Waals surface area (Å²) in [6.07, 6.45) is -0.439. The summed E-state index contributed by atoms with van der Waals surface area (Å²) in [7, 11) is 0. The van der Waals surface area contributed by atoms with Gasteiger partial charge in [-0.1, -0.05) is 67.1 Å². The number of nitrogens with one attached hydrogen (secondary N) is 2. The molecule has 0 aromatic heterocycles. The number of benzene rings is 3. The van der Waals surface area contributed by atoms with Crippen LogP contribution in [-0.4, -0.2) is 35.2 Å². The summed E-state index contributed by atoms with van der Waals surface area (Å²) in [6.45, 7) is 5.24. The number of anilines is 1. The van der Waals surface area contributed by atoms with Crippen LogP contribution in [0.1, 0.15) is 53.2 Å². The van der Waals surface area contributed by atoms with E-state index in [1.807, 2.05) is 36.4 Å². The maximum absolute atomic E-state index is 13.1. The Hall–Kier alpha value is -4.13. The van der Waals surface area contributed by atoms with E-state index < -0.39 is 23.5 Å². The smallest absolute Gasteiger partial charge is 0.408 e. The van der Waals surface area contributed by atoms with Gasteiger partial charge in [-0.05, 0) is 54.7 Å². The van der Waals surface area contributed by atoms with Gasteiger partial charge < -0.3 is 20.5 Å². The first kappa shape index (κ1) is 24.0. The first-order chi connectivity index (χ1) is 16.7. The number of fused-ring (bicyclic) bond motifs is 3. The van der Waals surface area contributed by atoms with Crippen LogP contribution in [0.4, 0.5) is 10.5 Å². The number of rotatable bonds is 7. The lowest BCUT2D eigenvalue weighted by atomic mass is 9.97. The number of carbonyl (C=O) groups excluding carboxylic acids is 2. The van der Waals surface area contributed by atoms with Crippen LogP contribution in [-0.2, 0) is 9.53 Å². The number of carboxylic acids is 1. The van der Waals surface area contributed by atoms with Gasteiger partial charge in [-0.25, -0.2) is 9.59 Å². The van der Waals surface area contributed by atoms with Gasteiger partial charge in [0.2, 0.25) is 5.91 Å². The Labute approximate surface area is 204 Å². The van der Waals surface area contributed by atoms with Crippen LogP contribution in [0.25, 0.3) is 11.1 Å². The number of alkyl carbamates (subject to hydrolysis) is 1. The number of carboxylic acid groups (broad SMARTS) is 1. The van der Waals surface area contributed by atoms with Crippen molar-refractivity contribution in [3.63, 3.8) is 0 Å². The van der Waals surface area contributed by atoms with Crippen LogP contribution in [0, 0.1) is 6.92 Å². The summed E-state index contributed by atoms with van der Waals surface area (Å²) in [4.78, 5) is 37.4. The van der Waals surface area contributed by atoms with Gasteiger partial charge in [0.15, 0.2) is 0 Å². The van der Waals surface area contributed by atoms with Gasteiger partial charge in [-0.2, -0.15) is 0 Å². The van der Waals surface area contributed by atoms with Crippen LogP contribution in [0.3, 0.4) is 0 Å². The minimum atomic E-state index is -1.30. The van der Waals surface area contributed by atoms with E-state index >= 15 is 0 Å². The summed E-state index contributed by atoms with van der Waals surface area (Å²) in [5.41, 5.74) is 4.06. The molecule has 0 saturated heterocycles. The van der Waals surface area contributed by atoms with Gasteiger partial charge in [0.1, 0.15) is 12.1 Å². The molecule has 4 rings (SSSR count). The molecule has 2 amide bonds. The number of carbonyl (C=O) groups is 3. The quantitative estimate of drug-likeness (QED) is 0.431. The molecule has 3 N–H and O–H groups in total. The van der Waals surface area contributed by atoms with Crippen molar-refractivity contribution in [2.45, 2.75) is 38.6 Å². The molecule has 0 fully saturated rings. The van der Waals surface area contributed by atoms with Crippen LogP contribution in [0.15, 0.2) is 66.7 Å². The Kier molecular flexibility index (Phi) is 6.60. The number of ether oxygens (including phenoxy) is 1. The summed E-state index contributed by atoms with van der Waals surface area (Å²) >= 11 is 0. The zero-order valence-corrected chi connectivity index (χ0v) is 19.9. The van der Waals surface area contributed by atoms with E-state index in [-0.39, 0.29) is 30.2 Å². The van der Waals surface area contributed by atoms with Crippen molar-refractivity contribution in [2.75, 3.05) is 11.9 Å². The molecule has 0 aliphatic heterocycles. The molecule has 7 nitrogen and oxygen atoms in total. The lowest BCUT2D eigenvalue weighted by Crippen LogP contribution is -2.54. The Morgan fingerprint density at radius 2 is 1.57 bits per heavy atom. The first-order valence-corrected chi connectivity index (χ1v) is 11.5. The van der Waals surface area contributed by atoms with Crippen molar-refractivity contribution in [3.8, 4) is 11.1 Å². The van der Waals surface area contributed by atoms with Gasteiger partial charge in [0, 0.05) is 5.92 Å². The molecule has 180 valence electrons. The molecular formula is C28H28N2O5. The number of hydrogen-bond donors (Lipinski definition) is 3. The Morgan fingerprint density at radius 1 is 0.971 bits per heavy atom. The second-order valence-corrected chi connectivity index (χ2v) is 8.94. The summed E-state index contributed by atoms with van der Waals surface area (Å²) in [6, 6.07) is 20.8. The zero-order chi connectivity index (χ0) is 25.2. The fourth-order valence-corrected chi connectivity index (χ4v) is 4.37. The van der Waals surface area contributed by atoms with Crippen molar-refractivity contribution in [1.82, 2.24) is 5.32 Å². The molecule has 0 bridgehead atoms. The molecule has 0 saturated carbocycles. The maximum atomic E-state index is 13.1. The number of hydrogen-bond acceptors (Lipinski definition) is 4. The predicted molar refractivity (Wildman–Crippen MR) is 134 cm³/mol. The SMILES string of the molecule is CCC(C)(NC(=O)OCC1c2ccccc2-c2ccccc21)C(=O)Nc1ccc(C)cc1C(=O)O. The molecule has 3 aromatic rings. The highest BCUT2D eigenvalue weighted by Crippen LogP contribution is 2.44. The second-order valence-electron chi connectivity index (χ2n) is 8.94. The number of aryl methyl sites for hydroxylation is 1. The molecule has 0 radical (unpaired) electrons. The topological polar surface area (TPSA) is 105 Å². The van der Waals surface area contributed by atoms with Crippen LogP contribution in [0.5, 0.6) is 0 Å². The predicted octanol–water partition coefficient (Wildman–Crippen LogP) is 5.34. The van der Waals surface area contributed by atoms with Crippen molar-refractivity contribution < 1.29 is 24.2 Å². The zero-order valence-electron chi connectivity index (χ0n) is 19.9. The van der Waals surface area contributed by atoms with Gasteiger partial charge in [-0.15, -0.1) is 0 Å². The van der Waals surface area contributed by atoms with Crippen molar-refractivity contribution in [2.24, 2.45) is 0 Å². The van der Waals surface area contributed by atoms with Gasteiger partial charge in [0.05, 0.1) is 11.3 Å². The normalized spacial score (nSPS) is 13.8. The summed E-state index contributed by atoms with van der Waals surface area (Å²) in [5, 5.41) is 14.8. The van der Waals surface area contributed by atoms with E-state index in [1.54, 1.807) is 32.9 Å². The van der Waals surface area contributed by atoms with Crippen LogP contribution in [0.2, 0.25) is 0 Å². The number of aromatic carboxylic acids is 1. The van der Waals surface area contributed by atoms with Crippen LogP contribution < -0.4 is 10.6 Å². The third kappa shape index (κ3) is 4.75. The molecule has 3 aromatic carbocycles. The number of amides is 2. The lowest BCUT2D eigenvalue weighted by Gasteiger charge is -2.28. The van der Waals surface area contributed by atoms with E-state index in [0.717, 1.165) is 27.8 Å². The van der Waals surface area contributed by atoms with E-state index in [2.05, 4.69) is 22.8 Å². The third-order valence-corrected chi connectivity index (χ3v) is 6.58. The minimum absolute atomic E-state index is 0.0158. The van der Waals surface area contributed by atoms with Crippen molar-refractivity contribution in [3.05, 3.63) is 89.0 Å². The maximum Gasteiger partial charge on any atom is 0.408 e. The fraction of sp³-hybridized carbons (Fsp3) is 0.250. The van der Waals surface area contributed by atoms with E-state index in [0.29, 0.717) is 0 Å². The van der Waals surface area contributed by atoms with Gasteiger partial charge in [0.25, 0.3) is 0 Å². The minimum Gasteiger partial charge on any atom is -0.478 e. The van der Waals surface area contributed by atoms with Crippen molar-refractivity contribution >= 4 is 23.7 Å². The molecular weight excluding hydrogens is 444 g/mol. The molecule has 1 aliphatic carbocycles. The first-order valence-electron chi connectivity index (χ1n) is 11.5. The summed E-state index contributed by atoms with van der Waals surface area (Å²) < 4.78 is 5.59. The monoisotopic (exact) mass is 472 g/mol. The standard InChI is InChI=1S/C28H28N2O5/c1-4-28(3,26(33)29-24-14-13-17(2)15-22(24)25(31)32)30-27(34)35-16-23-20-11-7-5-9-18(20)19-10-6-8-12-21(19)23/h5-15,23H,4,16H2,1-3H3,(H,29,33)(H,30,34)(H,31,32). The lowest BCUT2D eigenvalue weighted by molar-refractivity contribution is -0.121. The van der Waals surface area contributed by atoms with Gasteiger partial charge >= 0.3 is 12.1 Å². The highest BCUT2D eigenvalue weighted by Gasteiger charge is 2.35. The Bertz CT molecular complexity index is 1260. The molecule has 0 heterocycles. The molecule has 35 heavy (non-hydrogen) atoms. The molecule has 0 spiro atoms. The second kappa shape index (κ2) is 9.62. The van der Waals surface area contributed by atoms with Crippen molar-refractivity contribution in [1.29, 1.82) is 0 Å². The third-order valence-electron chi connectivity index (χ3n) is 6.58. The molecule has 1 unspecified atom stereocenters. The molecule has 7 heteroatoms. The summed E-state index contributed by atoms with van der Waals surface area (Å²) in [5.74, 6) is -1.77. The largest absolute Gasteiger partial charge is 0.478 e. The molecule has 1 aliphatic rings. The Balaban J connectivity index is 1.45. The van der Waals surface area contributed by atoms with E-state index in [1.165, 1.54) is 6.07 Å². The Morgan fingerprint density at radius 3 is 2.14 bits per heavy atom. The van der Waals surface area contributed by atoms with Crippen LogP contribution >= 0.6 is 0 Å². The molecule has 1 atom stereocenters. The van der Waals surface area contributed by atoms with Gasteiger partial charge in [-0.3, -0.25) is 4.79 Å².